The van der Waals surface area contributed by atoms with Crippen molar-refractivity contribution in [2.45, 2.75) is 26.4 Å². The van der Waals surface area contributed by atoms with E-state index in [2.05, 4.69) is 29.0 Å². The second kappa shape index (κ2) is 8.39. The van der Waals surface area contributed by atoms with Crippen molar-refractivity contribution in [1.82, 2.24) is 9.47 Å². The first kappa shape index (κ1) is 16.3. The van der Waals surface area contributed by atoms with Gasteiger partial charge in [-0.1, -0.05) is 37.3 Å². The average molecular weight is 300 g/mol. The maximum absolute atomic E-state index is 12.1. The fourth-order valence-corrected chi connectivity index (χ4v) is 2.44. The molecule has 0 fully saturated rings. The summed E-state index contributed by atoms with van der Waals surface area (Å²) in [5.74, 6) is 0.157. The lowest BCUT2D eigenvalue weighted by Gasteiger charge is -2.23. The molecule has 4 heteroatoms. The minimum absolute atomic E-state index is 0.157. The third-order valence-corrected chi connectivity index (χ3v) is 3.69. The molecule has 1 aromatic heterocycles. The van der Waals surface area contributed by atoms with Crippen LogP contribution in [0.5, 0.6) is 0 Å². The van der Waals surface area contributed by atoms with E-state index in [1.807, 2.05) is 36.1 Å². The highest BCUT2D eigenvalue weighted by molar-refractivity contribution is 5.75. The lowest BCUT2D eigenvalue weighted by Crippen LogP contribution is -2.33. The molecule has 118 valence electrons. The molecular formula is C18H24N2O2. The molecule has 0 bridgehead atoms. The van der Waals surface area contributed by atoms with Gasteiger partial charge in [0.25, 0.3) is 0 Å². The Morgan fingerprint density at radius 1 is 1.18 bits per heavy atom. The van der Waals surface area contributed by atoms with Gasteiger partial charge in [0.15, 0.2) is 0 Å². The molecule has 0 aliphatic heterocycles. The molecule has 0 saturated carbocycles. The number of carbonyl (C=O) groups excluding carboxylic acids is 1. The quantitative estimate of drug-likeness (QED) is 0.751. The highest BCUT2D eigenvalue weighted by Crippen LogP contribution is 2.11. The summed E-state index contributed by atoms with van der Waals surface area (Å²) >= 11 is 0. The van der Waals surface area contributed by atoms with Gasteiger partial charge in [0.2, 0.25) is 5.91 Å². The Kier molecular flexibility index (Phi) is 6.22. The van der Waals surface area contributed by atoms with Crippen LogP contribution in [0.25, 0.3) is 0 Å². The fourth-order valence-electron chi connectivity index (χ4n) is 2.44. The molecule has 1 heterocycles. The monoisotopic (exact) mass is 300 g/mol. The molecular weight excluding hydrogens is 276 g/mol. The normalized spacial score (nSPS) is 10.6. The molecule has 0 aliphatic rings. The number of hydrogen-bond donors (Lipinski definition) is 0. The number of nitrogens with zero attached hydrogens (tertiary/aromatic N) is 2. The number of carbonyl (C=O) groups is 1. The zero-order valence-electron chi connectivity index (χ0n) is 13.4. The third kappa shape index (κ3) is 4.46. The van der Waals surface area contributed by atoms with Crippen LogP contribution in [0.3, 0.4) is 0 Å². The van der Waals surface area contributed by atoms with E-state index in [-0.39, 0.29) is 5.91 Å². The molecule has 0 unspecified atom stereocenters. The van der Waals surface area contributed by atoms with Gasteiger partial charge in [0, 0.05) is 38.5 Å². The van der Waals surface area contributed by atoms with Gasteiger partial charge in [0.05, 0.1) is 13.2 Å². The molecule has 0 atom stereocenters. The van der Waals surface area contributed by atoms with Crippen molar-refractivity contribution < 1.29 is 9.53 Å². The number of rotatable bonds is 8. The van der Waals surface area contributed by atoms with Gasteiger partial charge >= 0.3 is 0 Å². The highest BCUT2D eigenvalue weighted by Gasteiger charge is 2.13. The van der Waals surface area contributed by atoms with Gasteiger partial charge in [-0.25, -0.2) is 0 Å². The second-order valence-corrected chi connectivity index (χ2v) is 5.27. The SMILES string of the molecule is CCC(=O)N(CCOC)Cc1cccn1Cc1ccccc1. The first-order valence-corrected chi connectivity index (χ1v) is 7.69. The molecule has 0 spiro atoms. The Labute approximate surface area is 132 Å². The van der Waals surface area contributed by atoms with Crippen molar-refractivity contribution in [3.63, 3.8) is 0 Å². The smallest absolute Gasteiger partial charge is 0.222 e. The van der Waals surface area contributed by atoms with Crippen LogP contribution in [-0.2, 0) is 22.6 Å². The van der Waals surface area contributed by atoms with Gasteiger partial charge < -0.3 is 14.2 Å². The fraction of sp³-hybridized carbons (Fsp3) is 0.389. The van der Waals surface area contributed by atoms with Gasteiger partial charge in [-0.3, -0.25) is 4.79 Å². The molecule has 4 nitrogen and oxygen atoms in total. The molecule has 22 heavy (non-hydrogen) atoms. The van der Waals surface area contributed by atoms with E-state index in [0.717, 1.165) is 12.2 Å². The Hall–Kier alpha value is -2.07. The van der Waals surface area contributed by atoms with Crippen molar-refractivity contribution >= 4 is 5.91 Å². The molecule has 0 aliphatic carbocycles. The summed E-state index contributed by atoms with van der Waals surface area (Å²) in [6.45, 7) is 4.52. The predicted molar refractivity (Wildman–Crippen MR) is 87.6 cm³/mol. The molecule has 0 radical (unpaired) electrons. The van der Waals surface area contributed by atoms with Crippen molar-refractivity contribution in [2.24, 2.45) is 0 Å². The summed E-state index contributed by atoms with van der Waals surface area (Å²) in [7, 11) is 1.66. The lowest BCUT2D eigenvalue weighted by atomic mass is 10.2. The Balaban J connectivity index is 2.08. The lowest BCUT2D eigenvalue weighted by molar-refractivity contribution is -0.132. The van der Waals surface area contributed by atoms with E-state index in [1.54, 1.807) is 7.11 Å². The van der Waals surface area contributed by atoms with E-state index in [0.29, 0.717) is 26.1 Å². The molecule has 1 amide bonds. The maximum atomic E-state index is 12.1. The maximum Gasteiger partial charge on any atom is 0.222 e. The number of methoxy groups -OCH3 is 1. The van der Waals surface area contributed by atoms with Crippen molar-refractivity contribution in [3.8, 4) is 0 Å². The summed E-state index contributed by atoms with van der Waals surface area (Å²) in [6.07, 6.45) is 2.58. The van der Waals surface area contributed by atoms with E-state index >= 15 is 0 Å². The number of benzene rings is 1. The summed E-state index contributed by atoms with van der Waals surface area (Å²) in [4.78, 5) is 13.9. The standard InChI is InChI=1S/C18H24N2O2/c1-3-18(21)20(12-13-22-2)15-17-10-7-11-19(17)14-16-8-5-4-6-9-16/h4-11H,3,12-15H2,1-2H3. The zero-order chi connectivity index (χ0) is 15.8. The Morgan fingerprint density at radius 2 is 1.95 bits per heavy atom. The summed E-state index contributed by atoms with van der Waals surface area (Å²) in [6, 6.07) is 14.4. The van der Waals surface area contributed by atoms with E-state index in [1.165, 1.54) is 5.56 Å². The van der Waals surface area contributed by atoms with Gasteiger partial charge in [-0.05, 0) is 17.7 Å². The topological polar surface area (TPSA) is 34.5 Å². The Bertz CT molecular complexity index is 578. The minimum atomic E-state index is 0.157. The average Bonchev–Trinajstić information content (AvgIpc) is 2.98. The first-order valence-electron chi connectivity index (χ1n) is 7.69. The number of amides is 1. The van der Waals surface area contributed by atoms with Crippen LogP contribution >= 0.6 is 0 Å². The van der Waals surface area contributed by atoms with Crippen molar-refractivity contribution in [2.75, 3.05) is 20.3 Å². The van der Waals surface area contributed by atoms with Crippen molar-refractivity contribution in [3.05, 3.63) is 59.9 Å². The van der Waals surface area contributed by atoms with Crippen molar-refractivity contribution in [1.29, 1.82) is 0 Å². The molecule has 1 aromatic carbocycles. The summed E-state index contributed by atoms with van der Waals surface area (Å²) in [5, 5.41) is 0. The number of hydrogen-bond acceptors (Lipinski definition) is 2. The second-order valence-electron chi connectivity index (χ2n) is 5.27. The van der Waals surface area contributed by atoms with Crippen LogP contribution in [0, 0.1) is 0 Å². The van der Waals surface area contributed by atoms with E-state index in [9.17, 15) is 4.79 Å². The predicted octanol–water partition coefficient (Wildman–Crippen LogP) is 2.92. The summed E-state index contributed by atoms with van der Waals surface area (Å²) in [5.41, 5.74) is 2.40. The molecule has 2 rings (SSSR count). The van der Waals surface area contributed by atoms with Crippen LogP contribution in [0.2, 0.25) is 0 Å². The zero-order valence-corrected chi connectivity index (χ0v) is 13.4. The summed E-state index contributed by atoms with van der Waals surface area (Å²) < 4.78 is 7.30. The van der Waals surface area contributed by atoms with Gasteiger partial charge in [-0.15, -0.1) is 0 Å². The number of ether oxygens (including phenoxy) is 1. The molecule has 2 aromatic rings. The van der Waals surface area contributed by atoms with Crippen LogP contribution in [0.1, 0.15) is 24.6 Å². The van der Waals surface area contributed by atoms with E-state index in [4.69, 9.17) is 4.74 Å². The third-order valence-electron chi connectivity index (χ3n) is 3.69. The van der Waals surface area contributed by atoms with Crippen LogP contribution in [0.4, 0.5) is 0 Å². The van der Waals surface area contributed by atoms with Gasteiger partial charge in [0.1, 0.15) is 0 Å². The molecule has 0 saturated heterocycles. The van der Waals surface area contributed by atoms with Crippen LogP contribution in [-0.4, -0.2) is 35.6 Å². The largest absolute Gasteiger partial charge is 0.383 e. The Morgan fingerprint density at radius 3 is 2.64 bits per heavy atom. The highest BCUT2D eigenvalue weighted by atomic mass is 16.5. The van der Waals surface area contributed by atoms with Crippen LogP contribution in [0.15, 0.2) is 48.7 Å². The first-order chi connectivity index (χ1) is 10.7. The molecule has 0 N–H and O–H groups in total. The number of aromatic nitrogens is 1. The minimum Gasteiger partial charge on any atom is -0.383 e. The van der Waals surface area contributed by atoms with E-state index < -0.39 is 0 Å². The van der Waals surface area contributed by atoms with Crippen LogP contribution < -0.4 is 0 Å². The van der Waals surface area contributed by atoms with Gasteiger partial charge in [-0.2, -0.15) is 0 Å².